The number of para-hydroxylation sites is 2. The van der Waals surface area contributed by atoms with Gasteiger partial charge in [-0.25, -0.2) is 4.68 Å². The molecule has 1 unspecified atom stereocenters. The van der Waals surface area contributed by atoms with Crippen LogP contribution >= 0.6 is 0 Å². The van der Waals surface area contributed by atoms with Crippen LogP contribution in [-0.4, -0.2) is 31.4 Å². The number of anilines is 1. The van der Waals surface area contributed by atoms with Gasteiger partial charge >= 0.3 is 0 Å². The maximum absolute atomic E-state index is 12.5. The first-order chi connectivity index (χ1) is 11.6. The van der Waals surface area contributed by atoms with Crippen LogP contribution in [0.25, 0.3) is 5.69 Å². The maximum atomic E-state index is 12.5. The van der Waals surface area contributed by atoms with Crippen LogP contribution in [0.3, 0.4) is 0 Å². The Morgan fingerprint density at radius 2 is 2.04 bits per heavy atom. The Hall–Kier alpha value is -2.80. The number of carbonyl (C=O) groups excluding carboxylic acids is 1. The number of benzene rings is 2. The quantitative estimate of drug-likeness (QED) is 0.774. The van der Waals surface area contributed by atoms with Crippen molar-refractivity contribution in [3.8, 4) is 5.69 Å². The molecule has 3 aromatic rings. The van der Waals surface area contributed by atoms with Crippen LogP contribution in [0.15, 0.2) is 60.9 Å². The third kappa shape index (κ3) is 3.75. The fourth-order valence-electron chi connectivity index (χ4n) is 2.35. The number of rotatable bonds is 5. The first-order valence-electron chi connectivity index (χ1n) is 7.29. The van der Waals surface area contributed by atoms with E-state index in [1.54, 1.807) is 47.6 Å². The smallest absolute Gasteiger partial charge is 0.255 e. The van der Waals surface area contributed by atoms with Crippen molar-refractivity contribution in [2.45, 2.75) is 5.75 Å². The minimum absolute atomic E-state index is 0.230. The van der Waals surface area contributed by atoms with Crippen molar-refractivity contribution >= 4 is 22.4 Å². The third-order valence-electron chi connectivity index (χ3n) is 3.38. The Labute approximate surface area is 142 Å². The molecule has 7 heteroatoms. The Bertz CT molecular complexity index is 878. The largest absolute Gasteiger partial charge is 0.320 e. The molecule has 1 amide bonds. The minimum Gasteiger partial charge on any atom is -0.320 e. The Morgan fingerprint density at radius 1 is 1.21 bits per heavy atom. The number of nitrogens with one attached hydrogen (secondary N) is 1. The highest BCUT2D eigenvalue weighted by Gasteiger charge is 2.11. The second-order valence-electron chi connectivity index (χ2n) is 5.24. The lowest BCUT2D eigenvalue weighted by Gasteiger charge is -2.11. The van der Waals surface area contributed by atoms with Gasteiger partial charge in [-0.1, -0.05) is 29.5 Å². The van der Waals surface area contributed by atoms with Crippen LogP contribution in [0.1, 0.15) is 15.9 Å². The van der Waals surface area contributed by atoms with Crippen molar-refractivity contribution in [2.24, 2.45) is 0 Å². The maximum Gasteiger partial charge on any atom is 0.255 e. The van der Waals surface area contributed by atoms with Gasteiger partial charge in [-0.3, -0.25) is 9.00 Å². The van der Waals surface area contributed by atoms with E-state index in [2.05, 4.69) is 15.6 Å². The third-order valence-corrected chi connectivity index (χ3v) is 4.12. The number of hydrogen-bond donors (Lipinski definition) is 1. The van der Waals surface area contributed by atoms with Gasteiger partial charge in [0.05, 0.1) is 23.8 Å². The summed E-state index contributed by atoms with van der Waals surface area (Å²) in [5.74, 6) is 0.197. The van der Waals surface area contributed by atoms with Gasteiger partial charge in [0, 0.05) is 28.4 Å². The van der Waals surface area contributed by atoms with Gasteiger partial charge in [0.15, 0.2) is 0 Å². The summed E-state index contributed by atoms with van der Waals surface area (Å²) in [6.07, 6.45) is 4.93. The Kier molecular flexibility index (Phi) is 4.81. The average Bonchev–Trinajstić information content (AvgIpc) is 3.09. The molecule has 0 aliphatic heterocycles. The Balaban J connectivity index is 1.85. The fourth-order valence-corrected chi connectivity index (χ4v) is 3.00. The molecule has 0 spiro atoms. The highest BCUT2D eigenvalue weighted by molar-refractivity contribution is 7.83. The van der Waals surface area contributed by atoms with Gasteiger partial charge in [-0.05, 0) is 29.8 Å². The molecule has 3 rings (SSSR count). The van der Waals surface area contributed by atoms with Crippen molar-refractivity contribution in [1.82, 2.24) is 15.0 Å². The molecule has 1 aromatic heterocycles. The molecule has 24 heavy (non-hydrogen) atoms. The van der Waals surface area contributed by atoms with Gasteiger partial charge < -0.3 is 5.32 Å². The zero-order chi connectivity index (χ0) is 16.9. The normalized spacial score (nSPS) is 11.9. The van der Waals surface area contributed by atoms with Gasteiger partial charge in [-0.15, -0.1) is 5.10 Å². The number of nitrogens with zero attached hydrogens (tertiary/aromatic N) is 3. The molecule has 1 heterocycles. The molecular weight excluding hydrogens is 324 g/mol. The van der Waals surface area contributed by atoms with Crippen LogP contribution in [0.5, 0.6) is 0 Å². The Morgan fingerprint density at radius 3 is 2.79 bits per heavy atom. The summed E-state index contributed by atoms with van der Waals surface area (Å²) >= 11 is 0. The molecule has 6 nitrogen and oxygen atoms in total. The highest BCUT2D eigenvalue weighted by atomic mass is 32.2. The lowest BCUT2D eigenvalue weighted by molar-refractivity contribution is 0.102. The topological polar surface area (TPSA) is 76.9 Å². The SMILES string of the molecule is CS(=O)Cc1cccc(C(=O)Nc2ccccc2-n2ccnn2)c1. The second kappa shape index (κ2) is 7.18. The van der Waals surface area contributed by atoms with Crippen molar-refractivity contribution < 1.29 is 9.00 Å². The molecular formula is C17H16N4O2S. The zero-order valence-electron chi connectivity index (χ0n) is 13.0. The minimum atomic E-state index is -0.950. The second-order valence-corrected chi connectivity index (χ2v) is 6.67. The van der Waals surface area contributed by atoms with Crippen LogP contribution in [0, 0.1) is 0 Å². The number of amides is 1. The number of aromatic nitrogens is 3. The van der Waals surface area contributed by atoms with Crippen LogP contribution in [0.2, 0.25) is 0 Å². The van der Waals surface area contributed by atoms with E-state index in [-0.39, 0.29) is 5.91 Å². The lowest BCUT2D eigenvalue weighted by Crippen LogP contribution is -2.14. The average molecular weight is 340 g/mol. The zero-order valence-corrected chi connectivity index (χ0v) is 13.9. The molecule has 0 radical (unpaired) electrons. The summed E-state index contributed by atoms with van der Waals surface area (Å²) in [4.78, 5) is 12.5. The van der Waals surface area contributed by atoms with E-state index in [0.717, 1.165) is 11.3 Å². The summed E-state index contributed by atoms with van der Waals surface area (Å²) < 4.78 is 12.9. The summed E-state index contributed by atoms with van der Waals surface area (Å²) in [6, 6.07) is 14.5. The van der Waals surface area contributed by atoms with Gasteiger partial charge in [0.1, 0.15) is 0 Å². The lowest BCUT2D eigenvalue weighted by atomic mass is 10.1. The first-order valence-corrected chi connectivity index (χ1v) is 9.02. The molecule has 0 saturated carbocycles. The van der Waals surface area contributed by atoms with Crippen molar-refractivity contribution in [1.29, 1.82) is 0 Å². The molecule has 122 valence electrons. The predicted octanol–water partition coefficient (Wildman–Crippen LogP) is 2.40. The van der Waals surface area contributed by atoms with E-state index >= 15 is 0 Å². The van der Waals surface area contributed by atoms with E-state index in [1.807, 2.05) is 24.3 Å². The molecule has 1 atom stereocenters. The molecule has 0 aliphatic carbocycles. The predicted molar refractivity (Wildman–Crippen MR) is 93.5 cm³/mol. The molecule has 0 aliphatic rings. The molecule has 0 fully saturated rings. The van der Waals surface area contributed by atoms with Crippen LogP contribution in [0.4, 0.5) is 5.69 Å². The van der Waals surface area contributed by atoms with E-state index in [0.29, 0.717) is 17.0 Å². The van der Waals surface area contributed by atoms with E-state index in [9.17, 15) is 9.00 Å². The first kappa shape index (κ1) is 16.1. The molecule has 0 saturated heterocycles. The summed E-state index contributed by atoms with van der Waals surface area (Å²) in [5, 5.41) is 10.6. The molecule has 1 N–H and O–H groups in total. The van der Waals surface area contributed by atoms with E-state index in [1.165, 1.54) is 0 Å². The van der Waals surface area contributed by atoms with Crippen molar-refractivity contribution in [3.63, 3.8) is 0 Å². The summed E-state index contributed by atoms with van der Waals surface area (Å²) in [5.41, 5.74) is 2.76. The summed E-state index contributed by atoms with van der Waals surface area (Å²) in [6.45, 7) is 0. The highest BCUT2D eigenvalue weighted by Crippen LogP contribution is 2.20. The molecule has 2 aromatic carbocycles. The van der Waals surface area contributed by atoms with Crippen molar-refractivity contribution in [2.75, 3.05) is 11.6 Å². The van der Waals surface area contributed by atoms with Crippen molar-refractivity contribution in [3.05, 3.63) is 72.1 Å². The molecule has 0 bridgehead atoms. The number of carbonyl (C=O) groups is 1. The monoisotopic (exact) mass is 340 g/mol. The summed E-state index contributed by atoms with van der Waals surface area (Å²) in [7, 11) is -0.950. The standard InChI is InChI=1S/C17H16N4O2S/c1-24(23)12-13-5-4-6-14(11-13)17(22)19-15-7-2-3-8-16(15)21-10-9-18-20-21/h2-11H,12H2,1H3,(H,19,22). The van der Waals surface area contributed by atoms with Crippen LogP contribution < -0.4 is 5.32 Å². The van der Waals surface area contributed by atoms with Gasteiger partial charge in [0.25, 0.3) is 5.91 Å². The van der Waals surface area contributed by atoms with Gasteiger partial charge in [-0.2, -0.15) is 0 Å². The van der Waals surface area contributed by atoms with E-state index < -0.39 is 10.8 Å². The fraction of sp³-hybridized carbons (Fsp3) is 0.118. The van der Waals surface area contributed by atoms with E-state index in [4.69, 9.17) is 0 Å². The van der Waals surface area contributed by atoms with Gasteiger partial charge in [0.2, 0.25) is 0 Å². The van der Waals surface area contributed by atoms with Crippen LogP contribution in [-0.2, 0) is 16.6 Å². The number of hydrogen-bond acceptors (Lipinski definition) is 4.